The molecule has 1 aliphatic heterocycles. The molecule has 1 heterocycles. The predicted molar refractivity (Wildman–Crippen MR) is 56.9 cm³/mol. The number of piperazine rings is 1. The predicted octanol–water partition coefficient (Wildman–Crippen LogP) is 1.01. The van der Waals surface area contributed by atoms with Gasteiger partial charge >= 0.3 is 0 Å². The van der Waals surface area contributed by atoms with Crippen molar-refractivity contribution < 1.29 is 0 Å². The largest absolute Gasteiger partial charge is 0.354 e. The first-order valence-electron chi connectivity index (χ1n) is 4.65. The molecule has 1 saturated heterocycles. The first kappa shape index (κ1) is 9.99. The Morgan fingerprint density at radius 1 is 1.46 bits per heavy atom. The van der Waals surface area contributed by atoms with Crippen molar-refractivity contribution in [2.24, 2.45) is 4.99 Å². The van der Waals surface area contributed by atoms with Crippen LogP contribution in [0.4, 0.5) is 0 Å². The molecular formula is C10H17N3. The molecule has 3 nitrogen and oxygen atoms in total. The molecular weight excluding hydrogens is 162 g/mol. The van der Waals surface area contributed by atoms with Crippen LogP contribution in [-0.2, 0) is 0 Å². The molecule has 0 amide bonds. The molecule has 0 aromatic heterocycles. The van der Waals surface area contributed by atoms with E-state index in [-0.39, 0.29) is 0 Å². The summed E-state index contributed by atoms with van der Waals surface area (Å²) >= 11 is 0. The third kappa shape index (κ3) is 3.03. The average Bonchev–Trinajstić information content (AvgIpc) is 2.19. The zero-order chi connectivity index (χ0) is 9.52. The minimum Gasteiger partial charge on any atom is -0.354 e. The maximum absolute atomic E-state index is 4.23. The monoisotopic (exact) mass is 179 g/mol. The number of rotatable bonds is 2. The molecule has 1 fully saturated rings. The Balaban J connectivity index is 2.62. The summed E-state index contributed by atoms with van der Waals surface area (Å²) in [5.74, 6) is 1.01. The maximum Gasteiger partial charge on any atom is 0.128 e. The van der Waals surface area contributed by atoms with Crippen molar-refractivity contribution in [3.8, 4) is 0 Å². The number of nitrogens with zero attached hydrogens (tertiary/aromatic N) is 2. The number of allylic oxidation sites excluding steroid dienone is 1. The summed E-state index contributed by atoms with van der Waals surface area (Å²) in [6.45, 7) is 9.74. The molecule has 0 spiro atoms. The van der Waals surface area contributed by atoms with Crippen molar-refractivity contribution in [1.82, 2.24) is 10.2 Å². The summed E-state index contributed by atoms with van der Waals surface area (Å²) in [5, 5.41) is 3.31. The van der Waals surface area contributed by atoms with Crippen LogP contribution in [0.15, 0.2) is 29.9 Å². The zero-order valence-electron chi connectivity index (χ0n) is 8.16. The van der Waals surface area contributed by atoms with Crippen molar-refractivity contribution in [2.45, 2.75) is 6.92 Å². The Kier molecular flexibility index (Phi) is 4.26. The van der Waals surface area contributed by atoms with Crippen LogP contribution in [0.2, 0.25) is 0 Å². The molecule has 0 atom stereocenters. The number of amidine groups is 1. The van der Waals surface area contributed by atoms with Gasteiger partial charge in [-0.1, -0.05) is 12.7 Å². The first-order valence-corrected chi connectivity index (χ1v) is 4.65. The van der Waals surface area contributed by atoms with E-state index in [1.807, 2.05) is 19.1 Å². The Labute approximate surface area is 79.8 Å². The molecule has 1 aliphatic rings. The normalized spacial score (nSPS) is 19.5. The van der Waals surface area contributed by atoms with Crippen LogP contribution in [-0.4, -0.2) is 36.9 Å². The van der Waals surface area contributed by atoms with E-state index in [1.54, 1.807) is 6.20 Å². The van der Waals surface area contributed by atoms with Crippen molar-refractivity contribution in [2.75, 3.05) is 26.2 Å². The van der Waals surface area contributed by atoms with Gasteiger partial charge in [-0.3, -0.25) is 0 Å². The van der Waals surface area contributed by atoms with Gasteiger partial charge in [0.2, 0.25) is 0 Å². The van der Waals surface area contributed by atoms with E-state index in [4.69, 9.17) is 0 Å². The molecule has 0 saturated carbocycles. The highest BCUT2D eigenvalue weighted by Crippen LogP contribution is 1.97. The molecule has 72 valence electrons. The number of nitrogens with one attached hydrogen (secondary N) is 1. The second kappa shape index (κ2) is 5.54. The van der Waals surface area contributed by atoms with Gasteiger partial charge in [0.15, 0.2) is 0 Å². The SMILES string of the molecule is C=C/N=C(\C=C/C)N1CCNCC1. The summed E-state index contributed by atoms with van der Waals surface area (Å²) in [5.41, 5.74) is 0. The van der Waals surface area contributed by atoms with Crippen LogP contribution in [0.1, 0.15) is 6.92 Å². The summed E-state index contributed by atoms with van der Waals surface area (Å²) < 4.78 is 0. The van der Waals surface area contributed by atoms with Gasteiger partial charge in [0.25, 0.3) is 0 Å². The summed E-state index contributed by atoms with van der Waals surface area (Å²) in [7, 11) is 0. The molecule has 0 bridgehead atoms. The summed E-state index contributed by atoms with van der Waals surface area (Å²) in [4.78, 5) is 6.49. The van der Waals surface area contributed by atoms with Crippen LogP contribution in [0.25, 0.3) is 0 Å². The number of hydrogen-bond acceptors (Lipinski definition) is 2. The highest BCUT2D eigenvalue weighted by Gasteiger charge is 2.10. The lowest BCUT2D eigenvalue weighted by Gasteiger charge is -2.28. The minimum absolute atomic E-state index is 1.01. The van der Waals surface area contributed by atoms with Gasteiger partial charge in [0.05, 0.1) is 0 Å². The standard InChI is InChI=1S/C10H17N3/c1-3-5-10(12-4-2)13-8-6-11-7-9-13/h3-5,11H,2,6-9H2,1H3/b5-3-,12-10+. The second-order valence-corrected chi connectivity index (χ2v) is 2.91. The van der Waals surface area contributed by atoms with Crippen LogP contribution < -0.4 is 5.32 Å². The Bertz CT molecular complexity index is 212. The van der Waals surface area contributed by atoms with E-state index in [0.717, 1.165) is 32.0 Å². The number of hydrogen-bond donors (Lipinski definition) is 1. The molecule has 0 aromatic carbocycles. The van der Waals surface area contributed by atoms with Crippen LogP contribution >= 0.6 is 0 Å². The van der Waals surface area contributed by atoms with E-state index in [1.165, 1.54) is 0 Å². The van der Waals surface area contributed by atoms with Gasteiger partial charge in [-0.2, -0.15) is 0 Å². The zero-order valence-corrected chi connectivity index (χ0v) is 8.16. The molecule has 0 unspecified atom stereocenters. The van der Waals surface area contributed by atoms with Gasteiger partial charge in [0, 0.05) is 32.4 Å². The van der Waals surface area contributed by atoms with E-state index >= 15 is 0 Å². The van der Waals surface area contributed by atoms with Gasteiger partial charge in [-0.25, -0.2) is 4.99 Å². The summed E-state index contributed by atoms with van der Waals surface area (Å²) in [6, 6.07) is 0. The molecule has 0 radical (unpaired) electrons. The maximum atomic E-state index is 4.23. The lowest BCUT2D eigenvalue weighted by molar-refractivity contribution is 0.359. The highest BCUT2D eigenvalue weighted by atomic mass is 15.2. The number of aliphatic imine (C=N–C) groups is 1. The molecule has 1 rings (SSSR count). The highest BCUT2D eigenvalue weighted by molar-refractivity contribution is 5.93. The third-order valence-electron chi connectivity index (χ3n) is 1.98. The third-order valence-corrected chi connectivity index (χ3v) is 1.98. The lowest BCUT2D eigenvalue weighted by atomic mass is 10.3. The van der Waals surface area contributed by atoms with Crippen LogP contribution in [0.3, 0.4) is 0 Å². The fourth-order valence-corrected chi connectivity index (χ4v) is 1.37. The van der Waals surface area contributed by atoms with Crippen molar-refractivity contribution in [3.63, 3.8) is 0 Å². The lowest BCUT2D eigenvalue weighted by Crippen LogP contribution is -2.45. The van der Waals surface area contributed by atoms with Gasteiger partial charge in [-0.15, -0.1) is 0 Å². The topological polar surface area (TPSA) is 27.6 Å². The van der Waals surface area contributed by atoms with Crippen molar-refractivity contribution in [3.05, 3.63) is 24.9 Å². The molecule has 0 aliphatic carbocycles. The minimum atomic E-state index is 1.01. The summed E-state index contributed by atoms with van der Waals surface area (Å²) in [6.07, 6.45) is 5.62. The fraction of sp³-hybridized carbons (Fsp3) is 0.500. The smallest absolute Gasteiger partial charge is 0.128 e. The average molecular weight is 179 g/mol. The Morgan fingerprint density at radius 3 is 2.69 bits per heavy atom. The van der Waals surface area contributed by atoms with Crippen LogP contribution in [0, 0.1) is 0 Å². The van der Waals surface area contributed by atoms with Gasteiger partial charge in [0.1, 0.15) is 5.84 Å². The van der Waals surface area contributed by atoms with E-state index < -0.39 is 0 Å². The van der Waals surface area contributed by atoms with Gasteiger partial charge in [-0.05, 0) is 13.0 Å². The molecule has 3 heteroatoms. The van der Waals surface area contributed by atoms with Gasteiger partial charge < -0.3 is 10.2 Å². The second-order valence-electron chi connectivity index (χ2n) is 2.91. The van der Waals surface area contributed by atoms with Crippen molar-refractivity contribution in [1.29, 1.82) is 0 Å². The van der Waals surface area contributed by atoms with Crippen molar-refractivity contribution >= 4 is 5.84 Å². The van der Waals surface area contributed by atoms with Crippen LogP contribution in [0.5, 0.6) is 0 Å². The van der Waals surface area contributed by atoms with E-state index in [2.05, 4.69) is 21.8 Å². The Morgan fingerprint density at radius 2 is 2.15 bits per heavy atom. The molecule has 13 heavy (non-hydrogen) atoms. The van der Waals surface area contributed by atoms with E-state index in [9.17, 15) is 0 Å². The molecule has 0 aromatic rings. The first-order chi connectivity index (χ1) is 6.38. The Hall–Kier alpha value is -1.09. The fourth-order valence-electron chi connectivity index (χ4n) is 1.37. The molecule has 1 N–H and O–H groups in total. The van der Waals surface area contributed by atoms with E-state index in [0.29, 0.717) is 0 Å². The quantitative estimate of drug-likeness (QED) is 0.506.